The van der Waals surface area contributed by atoms with Crippen LogP contribution < -0.4 is 10.6 Å². The number of carbonyl (C=O) groups excluding carboxylic acids is 1. The lowest BCUT2D eigenvalue weighted by Crippen LogP contribution is -2.20. The van der Waals surface area contributed by atoms with Crippen molar-refractivity contribution in [2.45, 2.75) is 18.5 Å². The van der Waals surface area contributed by atoms with Crippen LogP contribution in [-0.4, -0.2) is 16.2 Å². The van der Waals surface area contributed by atoms with Crippen molar-refractivity contribution >= 4 is 28.2 Å². The van der Waals surface area contributed by atoms with Gasteiger partial charge in [0.2, 0.25) is 10.1 Å². The molecule has 2 rings (SSSR count). The maximum Gasteiger partial charge on any atom is 0.445 e. The summed E-state index contributed by atoms with van der Waals surface area (Å²) in [6.07, 6.45) is -15.1. The summed E-state index contributed by atoms with van der Waals surface area (Å²) < 4.78 is 113. The SMILES string of the molecule is O=C(Nc1cc(C(F)(F)F)cc(C(F)(F)F)c1)Nc1nnc(C(F)(F)F)s1. The lowest BCUT2D eigenvalue weighted by atomic mass is 10.1. The Kier molecular flexibility index (Phi) is 5.27. The molecule has 0 bridgehead atoms. The molecule has 148 valence electrons. The van der Waals surface area contributed by atoms with E-state index in [1.54, 1.807) is 10.6 Å². The highest BCUT2D eigenvalue weighted by Crippen LogP contribution is 2.37. The molecule has 0 radical (unpaired) electrons. The van der Waals surface area contributed by atoms with Crippen LogP contribution in [0.25, 0.3) is 0 Å². The Hall–Kier alpha value is -2.58. The highest BCUT2D eigenvalue weighted by Gasteiger charge is 2.37. The number of urea groups is 1. The van der Waals surface area contributed by atoms with Crippen LogP contribution in [0.2, 0.25) is 0 Å². The van der Waals surface area contributed by atoms with Crippen molar-refractivity contribution in [3.8, 4) is 0 Å². The number of alkyl halides is 9. The van der Waals surface area contributed by atoms with Gasteiger partial charge in [-0.15, -0.1) is 10.2 Å². The van der Waals surface area contributed by atoms with E-state index in [0.29, 0.717) is 0 Å². The number of aromatic nitrogens is 2. The third-order valence-electron chi connectivity index (χ3n) is 2.73. The van der Waals surface area contributed by atoms with Crippen LogP contribution in [0.5, 0.6) is 0 Å². The highest BCUT2D eigenvalue weighted by molar-refractivity contribution is 7.15. The van der Waals surface area contributed by atoms with E-state index in [1.165, 1.54) is 0 Å². The van der Waals surface area contributed by atoms with Crippen molar-refractivity contribution in [3.63, 3.8) is 0 Å². The summed E-state index contributed by atoms with van der Waals surface area (Å²) in [5.41, 5.74) is -4.24. The van der Waals surface area contributed by atoms with Crippen LogP contribution >= 0.6 is 11.3 Å². The van der Waals surface area contributed by atoms with Crippen LogP contribution in [0, 0.1) is 0 Å². The zero-order valence-corrected chi connectivity index (χ0v) is 13.2. The number of halogens is 9. The maximum absolute atomic E-state index is 12.7. The minimum absolute atomic E-state index is 0.0856. The van der Waals surface area contributed by atoms with Crippen LogP contribution in [0.3, 0.4) is 0 Å². The second kappa shape index (κ2) is 6.86. The van der Waals surface area contributed by atoms with E-state index in [4.69, 9.17) is 0 Å². The smallest absolute Gasteiger partial charge is 0.308 e. The Bertz CT molecular complexity index is 808. The van der Waals surface area contributed by atoms with Gasteiger partial charge in [0, 0.05) is 5.69 Å². The van der Waals surface area contributed by atoms with Gasteiger partial charge in [0.1, 0.15) is 0 Å². The molecule has 0 saturated carbocycles. The molecular formula is C12H5F9N4OS. The van der Waals surface area contributed by atoms with Gasteiger partial charge in [-0.2, -0.15) is 39.5 Å². The Labute approximate surface area is 147 Å². The van der Waals surface area contributed by atoms with Gasteiger partial charge in [-0.1, -0.05) is 11.3 Å². The van der Waals surface area contributed by atoms with Gasteiger partial charge in [0.25, 0.3) is 0 Å². The van der Waals surface area contributed by atoms with Gasteiger partial charge in [-0.05, 0) is 18.2 Å². The van der Waals surface area contributed by atoms with E-state index < -0.39 is 51.5 Å². The fourth-order valence-electron chi connectivity index (χ4n) is 1.67. The second-order valence-corrected chi connectivity index (χ2v) is 5.76. The number of benzene rings is 1. The molecule has 0 aliphatic heterocycles. The molecule has 0 atom stereocenters. The molecule has 27 heavy (non-hydrogen) atoms. The van der Waals surface area contributed by atoms with Gasteiger partial charge in [-0.3, -0.25) is 5.32 Å². The van der Waals surface area contributed by atoms with Crippen molar-refractivity contribution in [3.05, 3.63) is 34.3 Å². The first-order chi connectivity index (χ1) is 12.2. The van der Waals surface area contributed by atoms with E-state index in [0.717, 1.165) is 0 Å². The summed E-state index contributed by atoms with van der Waals surface area (Å²) >= 11 is -0.0856. The van der Waals surface area contributed by atoms with Crippen LogP contribution in [0.1, 0.15) is 16.1 Å². The fourth-order valence-corrected chi connectivity index (χ4v) is 2.28. The predicted octanol–water partition coefficient (Wildman–Crippen LogP) is 5.24. The Morgan fingerprint density at radius 2 is 1.30 bits per heavy atom. The summed E-state index contributed by atoms with van der Waals surface area (Å²) in [7, 11) is 0. The average Bonchev–Trinajstić information content (AvgIpc) is 2.93. The van der Waals surface area contributed by atoms with E-state index in [2.05, 4.69) is 10.2 Å². The summed E-state index contributed by atoms with van der Waals surface area (Å²) in [5.74, 6) is 0. The number of nitrogens with zero attached hydrogens (tertiary/aromatic N) is 2. The standard InChI is InChI=1S/C12H5F9N4OS/c13-10(14,15)4-1-5(11(16,17)18)3-6(2-4)22-8(26)23-9-25-24-7(27-9)12(19,20)21/h1-3H,(H2,22,23,25,26). The lowest BCUT2D eigenvalue weighted by molar-refractivity contribution is -0.143. The first kappa shape index (κ1) is 20.7. The first-order valence-corrected chi connectivity index (χ1v) is 7.26. The minimum atomic E-state index is -5.13. The molecule has 1 aromatic heterocycles. The average molecular weight is 424 g/mol. The van der Waals surface area contributed by atoms with Crippen LogP contribution in [0.4, 0.5) is 55.1 Å². The van der Waals surface area contributed by atoms with Crippen molar-refractivity contribution < 1.29 is 44.3 Å². The molecule has 0 unspecified atom stereocenters. The number of amides is 2. The third kappa shape index (κ3) is 5.45. The Balaban J connectivity index is 2.23. The number of anilines is 2. The second-order valence-electron chi connectivity index (χ2n) is 4.78. The van der Waals surface area contributed by atoms with Crippen molar-refractivity contribution in [1.29, 1.82) is 0 Å². The van der Waals surface area contributed by atoms with Crippen molar-refractivity contribution in [1.82, 2.24) is 10.2 Å². The number of rotatable bonds is 2. The largest absolute Gasteiger partial charge is 0.445 e. The zero-order chi connectivity index (χ0) is 20.6. The van der Waals surface area contributed by atoms with Gasteiger partial charge in [-0.25, -0.2) is 4.79 Å². The Morgan fingerprint density at radius 1 is 0.778 bits per heavy atom. The van der Waals surface area contributed by atoms with E-state index in [-0.39, 0.29) is 29.5 Å². The lowest BCUT2D eigenvalue weighted by Gasteiger charge is -2.14. The van der Waals surface area contributed by atoms with E-state index in [9.17, 15) is 44.3 Å². The van der Waals surface area contributed by atoms with Gasteiger partial charge < -0.3 is 5.32 Å². The number of hydrogen-bond donors (Lipinski definition) is 2. The summed E-state index contributed by atoms with van der Waals surface area (Å²) in [6, 6.07) is -1.09. The van der Waals surface area contributed by atoms with E-state index in [1.807, 2.05) is 0 Å². The van der Waals surface area contributed by atoms with Gasteiger partial charge in [0.05, 0.1) is 11.1 Å². The predicted molar refractivity (Wildman–Crippen MR) is 74.0 cm³/mol. The molecular weight excluding hydrogens is 419 g/mol. The summed E-state index contributed by atoms with van der Waals surface area (Å²) in [4.78, 5) is 11.6. The molecule has 2 N–H and O–H groups in total. The van der Waals surface area contributed by atoms with E-state index >= 15 is 0 Å². The molecule has 15 heteroatoms. The first-order valence-electron chi connectivity index (χ1n) is 6.44. The van der Waals surface area contributed by atoms with Crippen molar-refractivity contribution in [2.75, 3.05) is 10.6 Å². The number of nitrogens with one attached hydrogen (secondary N) is 2. The molecule has 0 aliphatic carbocycles. The molecule has 0 aliphatic rings. The van der Waals surface area contributed by atoms with Crippen molar-refractivity contribution in [2.24, 2.45) is 0 Å². The molecule has 2 amide bonds. The highest BCUT2D eigenvalue weighted by atomic mass is 32.1. The molecule has 5 nitrogen and oxygen atoms in total. The molecule has 0 saturated heterocycles. The van der Waals surface area contributed by atoms with Gasteiger partial charge in [0.15, 0.2) is 0 Å². The molecule has 0 spiro atoms. The van der Waals surface area contributed by atoms with Gasteiger partial charge >= 0.3 is 24.6 Å². The fraction of sp³-hybridized carbons (Fsp3) is 0.250. The Morgan fingerprint density at radius 3 is 1.70 bits per heavy atom. The zero-order valence-electron chi connectivity index (χ0n) is 12.3. The molecule has 1 heterocycles. The summed E-state index contributed by atoms with van der Waals surface area (Å²) in [6.45, 7) is 0. The maximum atomic E-state index is 12.7. The number of hydrogen-bond acceptors (Lipinski definition) is 4. The normalized spacial score (nSPS) is 12.8. The molecule has 0 fully saturated rings. The summed E-state index contributed by atoms with van der Waals surface area (Å²) in [5, 5.41) is 7.07. The minimum Gasteiger partial charge on any atom is -0.308 e. The molecule has 1 aromatic carbocycles. The quantitative estimate of drug-likeness (QED) is 0.649. The van der Waals surface area contributed by atoms with Crippen LogP contribution in [-0.2, 0) is 18.5 Å². The monoisotopic (exact) mass is 424 g/mol. The topological polar surface area (TPSA) is 66.9 Å². The van der Waals surface area contributed by atoms with Crippen LogP contribution in [0.15, 0.2) is 18.2 Å². The molecule has 2 aromatic rings. The third-order valence-corrected chi connectivity index (χ3v) is 3.62. The number of carbonyl (C=O) groups is 1.